The highest BCUT2D eigenvalue weighted by Crippen LogP contribution is 2.32. The van der Waals surface area contributed by atoms with E-state index in [1.807, 2.05) is 6.07 Å². The highest BCUT2D eigenvalue weighted by molar-refractivity contribution is 9.10. The normalized spacial score (nSPS) is 15.9. The fraction of sp³-hybridized carbons (Fsp3) is 0.455. The van der Waals surface area contributed by atoms with E-state index >= 15 is 0 Å². The zero-order valence-corrected chi connectivity index (χ0v) is 10.5. The summed E-state index contributed by atoms with van der Waals surface area (Å²) in [4.78, 5) is 0. The minimum atomic E-state index is 0.527. The Bertz CT molecular complexity index is 364. The number of aryl methyl sites for hydroxylation is 1. The second-order valence-electron chi connectivity index (χ2n) is 3.80. The second-order valence-corrected chi connectivity index (χ2v) is 4.72. The molecule has 0 spiro atoms. The van der Waals surface area contributed by atoms with Gasteiger partial charge < -0.3 is 15.4 Å². The van der Waals surface area contributed by atoms with Crippen LogP contribution in [0.1, 0.15) is 5.56 Å². The zero-order chi connectivity index (χ0) is 10.8. The molecular formula is C11H15BrN2O. The monoisotopic (exact) mass is 270 g/mol. The lowest BCUT2D eigenvalue weighted by atomic mass is 10.1. The number of hydrogen-bond donors (Lipinski definition) is 2. The number of anilines is 1. The first-order valence-corrected chi connectivity index (χ1v) is 5.81. The molecular weight excluding hydrogens is 256 g/mol. The van der Waals surface area contributed by atoms with Gasteiger partial charge in [-0.25, -0.2) is 0 Å². The Balaban J connectivity index is 2.26. The lowest BCUT2D eigenvalue weighted by Crippen LogP contribution is -2.51. The van der Waals surface area contributed by atoms with Crippen molar-refractivity contribution in [1.82, 2.24) is 5.32 Å². The smallest absolute Gasteiger partial charge is 0.143 e. The zero-order valence-electron chi connectivity index (χ0n) is 8.93. The van der Waals surface area contributed by atoms with Crippen molar-refractivity contribution in [2.24, 2.45) is 0 Å². The Kier molecular flexibility index (Phi) is 3.17. The molecule has 1 heterocycles. The molecule has 2 N–H and O–H groups in total. The van der Waals surface area contributed by atoms with E-state index in [9.17, 15) is 0 Å². The molecule has 2 rings (SSSR count). The average Bonchev–Trinajstić information content (AvgIpc) is 2.12. The van der Waals surface area contributed by atoms with Crippen LogP contribution in [-0.4, -0.2) is 26.2 Å². The molecule has 0 aromatic heterocycles. The summed E-state index contributed by atoms with van der Waals surface area (Å²) in [5, 5.41) is 6.72. The maximum absolute atomic E-state index is 5.36. The van der Waals surface area contributed by atoms with Gasteiger partial charge in [0.15, 0.2) is 0 Å². The van der Waals surface area contributed by atoms with Gasteiger partial charge in [0.2, 0.25) is 0 Å². The van der Waals surface area contributed by atoms with Crippen molar-refractivity contribution in [3.05, 3.63) is 22.2 Å². The molecule has 15 heavy (non-hydrogen) atoms. The summed E-state index contributed by atoms with van der Waals surface area (Å²) in [6, 6.07) is 4.61. The molecule has 0 aliphatic carbocycles. The van der Waals surface area contributed by atoms with Gasteiger partial charge in [-0.3, -0.25) is 0 Å². The third-order valence-corrected chi connectivity index (χ3v) is 3.07. The van der Waals surface area contributed by atoms with Crippen molar-refractivity contribution >= 4 is 21.6 Å². The standard InChI is InChI=1S/C11H15BrN2O/c1-7-3-8(12)4-10(15-2)11(7)14-9-5-13-6-9/h3-4,9,13-14H,5-6H2,1-2H3. The van der Waals surface area contributed by atoms with Gasteiger partial charge in [0, 0.05) is 17.6 Å². The van der Waals surface area contributed by atoms with Crippen LogP contribution in [0, 0.1) is 6.92 Å². The Morgan fingerprint density at radius 1 is 1.47 bits per heavy atom. The van der Waals surface area contributed by atoms with Gasteiger partial charge in [0.1, 0.15) is 5.75 Å². The summed E-state index contributed by atoms with van der Waals surface area (Å²) in [7, 11) is 1.70. The minimum absolute atomic E-state index is 0.527. The molecule has 0 radical (unpaired) electrons. The van der Waals surface area contributed by atoms with Crippen LogP contribution in [0.3, 0.4) is 0 Å². The summed E-state index contributed by atoms with van der Waals surface area (Å²) < 4.78 is 6.41. The largest absolute Gasteiger partial charge is 0.495 e. The Morgan fingerprint density at radius 2 is 2.20 bits per heavy atom. The van der Waals surface area contributed by atoms with Gasteiger partial charge in [-0.1, -0.05) is 15.9 Å². The van der Waals surface area contributed by atoms with Crippen molar-refractivity contribution in [3.8, 4) is 5.75 Å². The van der Waals surface area contributed by atoms with E-state index in [0.29, 0.717) is 6.04 Å². The molecule has 1 aliphatic heterocycles. The number of rotatable bonds is 3. The molecule has 4 heteroatoms. The van der Waals surface area contributed by atoms with Crippen LogP contribution in [0.15, 0.2) is 16.6 Å². The van der Waals surface area contributed by atoms with Crippen LogP contribution < -0.4 is 15.4 Å². The molecule has 1 fully saturated rings. The van der Waals surface area contributed by atoms with E-state index in [2.05, 4.69) is 39.6 Å². The van der Waals surface area contributed by atoms with Gasteiger partial charge in [0.25, 0.3) is 0 Å². The van der Waals surface area contributed by atoms with E-state index in [0.717, 1.165) is 29.0 Å². The van der Waals surface area contributed by atoms with Gasteiger partial charge >= 0.3 is 0 Å². The Morgan fingerprint density at radius 3 is 2.73 bits per heavy atom. The van der Waals surface area contributed by atoms with Crippen molar-refractivity contribution in [3.63, 3.8) is 0 Å². The molecule has 82 valence electrons. The number of benzene rings is 1. The van der Waals surface area contributed by atoms with Crippen molar-refractivity contribution in [1.29, 1.82) is 0 Å². The van der Waals surface area contributed by atoms with E-state index in [1.54, 1.807) is 7.11 Å². The van der Waals surface area contributed by atoms with Crippen LogP contribution in [0.4, 0.5) is 5.69 Å². The lowest BCUT2D eigenvalue weighted by molar-refractivity contribution is 0.412. The maximum Gasteiger partial charge on any atom is 0.143 e. The van der Waals surface area contributed by atoms with E-state index in [-0.39, 0.29) is 0 Å². The Hall–Kier alpha value is -0.740. The Labute approximate surface area is 98.3 Å². The SMILES string of the molecule is COc1cc(Br)cc(C)c1NC1CNC1. The summed E-state index contributed by atoms with van der Waals surface area (Å²) in [5.74, 6) is 0.897. The van der Waals surface area contributed by atoms with Crippen LogP contribution >= 0.6 is 15.9 Å². The van der Waals surface area contributed by atoms with Gasteiger partial charge in [0.05, 0.1) is 18.8 Å². The number of ether oxygens (including phenoxy) is 1. The fourth-order valence-corrected chi connectivity index (χ4v) is 2.20. The third kappa shape index (κ3) is 2.26. The van der Waals surface area contributed by atoms with Crippen molar-refractivity contribution in [2.75, 3.05) is 25.5 Å². The highest BCUT2D eigenvalue weighted by Gasteiger charge is 2.19. The maximum atomic E-state index is 5.36. The lowest BCUT2D eigenvalue weighted by Gasteiger charge is -2.30. The highest BCUT2D eigenvalue weighted by atomic mass is 79.9. The first-order valence-electron chi connectivity index (χ1n) is 5.02. The quantitative estimate of drug-likeness (QED) is 0.883. The topological polar surface area (TPSA) is 33.3 Å². The first-order chi connectivity index (χ1) is 7.20. The van der Waals surface area contributed by atoms with Gasteiger partial charge in [-0.05, 0) is 24.6 Å². The fourth-order valence-electron chi connectivity index (χ4n) is 1.65. The molecule has 1 aliphatic rings. The van der Waals surface area contributed by atoms with E-state index in [1.165, 1.54) is 5.56 Å². The molecule has 0 unspecified atom stereocenters. The molecule has 0 atom stereocenters. The molecule has 1 aromatic rings. The second kappa shape index (κ2) is 4.41. The number of nitrogens with one attached hydrogen (secondary N) is 2. The van der Waals surface area contributed by atoms with E-state index < -0.39 is 0 Å². The molecule has 0 bridgehead atoms. The van der Waals surface area contributed by atoms with Crippen LogP contribution in [0.25, 0.3) is 0 Å². The van der Waals surface area contributed by atoms with Crippen molar-refractivity contribution < 1.29 is 4.74 Å². The van der Waals surface area contributed by atoms with Crippen LogP contribution in [0.2, 0.25) is 0 Å². The summed E-state index contributed by atoms with van der Waals surface area (Å²) in [5.41, 5.74) is 2.31. The first kappa shape index (κ1) is 10.8. The summed E-state index contributed by atoms with van der Waals surface area (Å²) in [6.45, 7) is 4.14. The van der Waals surface area contributed by atoms with Gasteiger partial charge in [-0.15, -0.1) is 0 Å². The molecule has 0 amide bonds. The summed E-state index contributed by atoms with van der Waals surface area (Å²) >= 11 is 3.47. The third-order valence-electron chi connectivity index (χ3n) is 2.61. The predicted molar refractivity (Wildman–Crippen MR) is 65.7 cm³/mol. The average molecular weight is 271 g/mol. The summed E-state index contributed by atoms with van der Waals surface area (Å²) in [6.07, 6.45) is 0. The molecule has 1 saturated heterocycles. The molecule has 3 nitrogen and oxygen atoms in total. The minimum Gasteiger partial charge on any atom is -0.495 e. The number of halogens is 1. The number of hydrogen-bond acceptors (Lipinski definition) is 3. The van der Waals surface area contributed by atoms with E-state index in [4.69, 9.17) is 4.74 Å². The predicted octanol–water partition coefficient (Wildman–Crippen LogP) is 2.15. The number of methoxy groups -OCH3 is 1. The van der Waals surface area contributed by atoms with Crippen molar-refractivity contribution in [2.45, 2.75) is 13.0 Å². The van der Waals surface area contributed by atoms with Crippen LogP contribution in [-0.2, 0) is 0 Å². The van der Waals surface area contributed by atoms with Crippen LogP contribution in [0.5, 0.6) is 5.75 Å². The van der Waals surface area contributed by atoms with Gasteiger partial charge in [-0.2, -0.15) is 0 Å². The molecule has 1 aromatic carbocycles. The molecule has 0 saturated carbocycles.